The molecule has 0 heterocycles. The second-order valence-electron chi connectivity index (χ2n) is 4.71. The van der Waals surface area contributed by atoms with Crippen molar-refractivity contribution in [3.63, 3.8) is 0 Å². The summed E-state index contributed by atoms with van der Waals surface area (Å²) in [6.45, 7) is 2.89. The fourth-order valence-corrected chi connectivity index (χ4v) is 2.13. The molecule has 2 rings (SSSR count). The van der Waals surface area contributed by atoms with Gasteiger partial charge in [-0.05, 0) is 43.3 Å². The van der Waals surface area contributed by atoms with Crippen LogP contribution in [0.2, 0.25) is 0 Å². The number of para-hydroxylation sites is 1. The van der Waals surface area contributed by atoms with Gasteiger partial charge in [-0.2, -0.15) is 0 Å². The molecule has 0 spiro atoms. The highest BCUT2D eigenvalue weighted by Gasteiger charge is 2.15. The number of amides is 1. The predicted molar refractivity (Wildman–Crippen MR) is 86.4 cm³/mol. The number of carbonyl (C=O) groups is 2. The first-order valence-corrected chi connectivity index (χ1v) is 7.29. The van der Waals surface area contributed by atoms with Crippen LogP contribution in [0.25, 0.3) is 0 Å². The molecule has 0 unspecified atom stereocenters. The summed E-state index contributed by atoms with van der Waals surface area (Å²) >= 11 is 0. The Morgan fingerprint density at radius 3 is 2.36 bits per heavy atom. The van der Waals surface area contributed by atoms with Crippen molar-refractivity contribution in [2.45, 2.75) is 13.3 Å². The summed E-state index contributed by atoms with van der Waals surface area (Å²) in [6, 6.07) is 16.6. The van der Waals surface area contributed by atoms with Gasteiger partial charge in [-0.15, -0.1) is 0 Å². The van der Waals surface area contributed by atoms with Crippen molar-refractivity contribution < 1.29 is 14.3 Å². The Kier molecular flexibility index (Phi) is 5.72. The summed E-state index contributed by atoms with van der Waals surface area (Å²) in [5.41, 5.74) is 1.48. The van der Waals surface area contributed by atoms with Gasteiger partial charge >= 0.3 is 0 Å². The fourth-order valence-electron chi connectivity index (χ4n) is 2.13. The van der Waals surface area contributed by atoms with Crippen LogP contribution in [-0.2, 0) is 4.79 Å². The van der Waals surface area contributed by atoms with Crippen molar-refractivity contribution in [1.29, 1.82) is 0 Å². The maximum Gasteiger partial charge on any atom is 0.258 e. The molecule has 0 fully saturated rings. The van der Waals surface area contributed by atoms with Crippen LogP contribution in [0.15, 0.2) is 54.6 Å². The number of aldehydes is 1. The van der Waals surface area contributed by atoms with E-state index in [1.165, 1.54) is 0 Å². The Bertz CT molecular complexity index is 608. The molecular weight excluding hydrogens is 278 g/mol. The van der Waals surface area contributed by atoms with Gasteiger partial charge in [0.25, 0.3) is 5.91 Å². The molecule has 4 heteroatoms. The molecule has 22 heavy (non-hydrogen) atoms. The van der Waals surface area contributed by atoms with E-state index in [2.05, 4.69) is 0 Å². The van der Waals surface area contributed by atoms with Crippen molar-refractivity contribution in [2.24, 2.45) is 0 Å². The first kappa shape index (κ1) is 15.8. The first-order chi connectivity index (χ1) is 10.8. The molecule has 0 aliphatic heterocycles. The lowest BCUT2D eigenvalue weighted by atomic mass is 10.1. The molecule has 0 saturated heterocycles. The number of carbonyl (C=O) groups excluding carboxylic acids is 2. The number of hydrogen-bond acceptors (Lipinski definition) is 3. The molecule has 114 valence electrons. The zero-order chi connectivity index (χ0) is 15.8. The summed E-state index contributed by atoms with van der Waals surface area (Å²) in [7, 11) is 0. The standard InChI is InChI=1S/C18H19NO3/c1-2-19(16-7-4-3-5-8-16)18(21)15-9-11-17(12-10-15)22-14-6-13-20/h3-5,7-13H,2,6,14H2,1H3. The highest BCUT2D eigenvalue weighted by Crippen LogP contribution is 2.18. The Labute approximate surface area is 130 Å². The second kappa shape index (κ2) is 7.98. The van der Waals surface area contributed by atoms with Gasteiger partial charge in [0.15, 0.2) is 0 Å². The maximum absolute atomic E-state index is 12.6. The van der Waals surface area contributed by atoms with Gasteiger partial charge in [0.2, 0.25) is 0 Å². The minimum absolute atomic E-state index is 0.0480. The Morgan fingerprint density at radius 2 is 1.77 bits per heavy atom. The van der Waals surface area contributed by atoms with E-state index in [-0.39, 0.29) is 5.91 Å². The van der Waals surface area contributed by atoms with Crippen LogP contribution in [0.4, 0.5) is 5.69 Å². The van der Waals surface area contributed by atoms with E-state index in [1.54, 1.807) is 29.2 Å². The van der Waals surface area contributed by atoms with Crippen molar-refractivity contribution in [2.75, 3.05) is 18.1 Å². The van der Waals surface area contributed by atoms with Crippen LogP contribution >= 0.6 is 0 Å². The number of anilines is 1. The first-order valence-electron chi connectivity index (χ1n) is 7.29. The molecule has 2 aromatic rings. The van der Waals surface area contributed by atoms with Crippen LogP contribution in [-0.4, -0.2) is 25.3 Å². The summed E-state index contributed by atoms with van der Waals surface area (Å²) in [5.74, 6) is 0.606. The van der Waals surface area contributed by atoms with E-state index in [1.807, 2.05) is 37.3 Å². The number of nitrogens with zero attached hydrogens (tertiary/aromatic N) is 1. The summed E-state index contributed by atoms with van der Waals surface area (Å²) in [6.07, 6.45) is 1.18. The topological polar surface area (TPSA) is 46.6 Å². The molecule has 2 aromatic carbocycles. The molecule has 0 N–H and O–H groups in total. The van der Waals surface area contributed by atoms with Gasteiger partial charge in [-0.25, -0.2) is 0 Å². The quantitative estimate of drug-likeness (QED) is 0.582. The third-order valence-corrected chi connectivity index (χ3v) is 3.23. The van der Waals surface area contributed by atoms with Crippen molar-refractivity contribution in [1.82, 2.24) is 0 Å². The zero-order valence-electron chi connectivity index (χ0n) is 12.6. The number of benzene rings is 2. The van der Waals surface area contributed by atoms with Gasteiger partial charge in [0, 0.05) is 24.2 Å². The number of rotatable bonds is 7. The maximum atomic E-state index is 12.6. The van der Waals surface area contributed by atoms with E-state index < -0.39 is 0 Å². The van der Waals surface area contributed by atoms with E-state index in [0.29, 0.717) is 30.9 Å². The number of ether oxygens (including phenoxy) is 1. The second-order valence-corrected chi connectivity index (χ2v) is 4.71. The fraction of sp³-hybridized carbons (Fsp3) is 0.222. The smallest absolute Gasteiger partial charge is 0.258 e. The Morgan fingerprint density at radius 1 is 1.09 bits per heavy atom. The molecule has 1 amide bonds. The highest BCUT2D eigenvalue weighted by molar-refractivity contribution is 6.06. The molecule has 0 aromatic heterocycles. The lowest BCUT2D eigenvalue weighted by molar-refractivity contribution is -0.108. The Hall–Kier alpha value is -2.62. The summed E-state index contributed by atoms with van der Waals surface area (Å²) in [4.78, 5) is 24.6. The molecule has 0 bridgehead atoms. The molecule has 0 radical (unpaired) electrons. The molecule has 0 saturated carbocycles. The van der Waals surface area contributed by atoms with Crippen LogP contribution < -0.4 is 9.64 Å². The summed E-state index contributed by atoms with van der Waals surface area (Å²) < 4.78 is 5.40. The predicted octanol–water partition coefficient (Wildman–Crippen LogP) is 3.32. The van der Waals surface area contributed by atoms with Gasteiger partial charge in [0.05, 0.1) is 6.61 Å². The SMILES string of the molecule is CCN(C(=O)c1ccc(OCCC=O)cc1)c1ccccc1. The third kappa shape index (κ3) is 3.95. The van der Waals surface area contributed by atoms with E-state index >= 15 is 0 Å². The van der Waals surface area contributed by atoms with Gasteiger partial charge in [-0.1, -0.05) is 18.2 Å². The molecule has 4 nitrogen and oxygen atoms in total. The van der Waals surface area contributed by atoms with Crippen LogP contribution in [0.1, 0.15) is 23.7 Å². The molecule has 0 atom stereocenters. The van der Waals surface area contributed by atoms with Gasteiger partial charge in [-0.3, -0.25) is 4.79 Å². The van der Waals surface area contributed by atoms with Crippen LogP contribution in [0.5, 0.6) is 5.75 Å². The van der Waals surface area contributed by atoms with E-state index in [4.69, 9.17) is 4.74 Å². The van der Waals surface area contributed by atoms with Gasteiger partial charge < -0.3 is 14.4 Å². The molecule has 0 aliphatic carbocycles. The van der Waals surface area contributed by atoms with Crippen molar-refractivity contribution in [3.8, 4) is 5.75 Å². The van der Waals surface area contributed by atoms with Crippen molar-refractivity contribution in [3.05, 3.63) is 60.2 Å². The van der Waals surface area contributed by atoms with Crippen LogP contribution in [0.3, 0.4) is 0 Å². The Balaban J connectivity index is 2.09. The minimum Gasteiger partial charge on any atom is -0.493 e. The highest BCUT2D eigenvalue weighted by atomic mass is 16.5. The third-order valence-electron chi connectivity index (χ3n) is 3.23. The average Bonchev–Trinajstić information content (AvgIpc) is 2.57. The molecule has 0 aliphatic rings. The van der Waals surface area contributed by atoms with Crippen molar-refractivity contribution >= 4 is 17.9 Å². The van der Waals surface area contributed by atoms with Gasteiger partial charge in [0.1, 0.15) is 12.0 Å². The van der Waals surface area contributed by atoms with Crippen LogP contribution in [0, 0.1) is 0 Å². The zero-order valence-corrected chi connectivity index (χ0v) is 12.6. The largest absolute Gasteiger partial charge is 0.493 e. The lowest BCUT2D eigenvalue weighted by Crippen LogP contribution is -2.30. The minimum atomic E-state index is -0.0480. The van der Waals surface area contributed by atoms with E-state index in [0.717, 1.165) is 12.0 Å². The van der Waals surface area contributed by atoms with E-state index in [9.17, 15) is 9.59 Å². The molecular formula is C18H19NO3. The summed E-state index contributed by atoms with van der Waals surface area (Å²) in [5, 5.41) is 0. The lowest BCUT2D eigenvalue weighted by Gasteiger charge is -2.21. The monoisotopic (exact) mass is 297 g/mol. The number of hydrogen-bond donors (Lipinski definition) is 0. The normalized spacial score (nSPS) is 10.0. The average molecular weight is 297 g/mol.